The Labute approximate surface area is 125 Å². The summed E-state index contributed by atoms with van der Waals surface area (Å²) in [4.78, 5) is 13.4. The Morgan fingerprint density at radius 2 is 2.10 bits per heavy atom. The third-order valence-corrected chi connectivity index (χ3v) is 3.62. The Balaban J connectivity index is 1.62. The van der Waals surface area contributed by atoms with Crippen molar-refractivity contribution < 1.29 is 4.79 Å². The van der Waals surface area contributed by atoms with Gasteiger partial charge < -0.3 is 15.5 Å². The van der Waals surface area contributed by atoms with Crippen molar-refractivity contribution in [1.82, 2.24) is 10.2 Å². The summed E-state index contributed by atoms with van der Waals surface area (Å²) < 4.78 is 0. The van der Waals surface area contributed by atoms with Crippen molar-refractivity contribution in [2.24, 2.45) is 0 Å². The average molecular weight is 291 g/mol. The molecule has 1 aliphatic heterocycles. The van der Waals surface area contributed by atoms with Gasteiger partial charge in [0.2, 0.25) is 5.91 Å². The fraction of sp³-hybridized carbons (Fsp3) is 0.467. The first kappa shape index (κ1) is 14.8. The van der Waals surface area contributed by atoms with Crippen LogP contribution in [0, 0.1) is 6.92 Å². The van der Waals surface area contributed by atoms with Crippen LogP contribution in [0.15, 0.2) is 24.3 Å². The van der Waals surface area contributed by atoms with Gasteiger partial charge in [0.1, 0.15) is 0 Å². The van der Waals surface area contributed by atoms with E-state index in [1.807, 2.05) is 29.2 Å². The molecule has 0 unspecified atom stereocenters. The van der Waals surface area contributed by atoms with E-state index >= 15 is 0 Å². The number of thiocarbonyl (C=S) groups is 1. The number of anilines is 1. The molecule has 0 bridgehead atoms. The molecule has 108 valence electrons. The minimum Gasteiger partial charge on any atom is -0.362 e. The smallest absolute Gasteiger partial charge is 0.222 e. The molecule has 0 spiro atoms. The van der Waals surface area contributed by atoms with Gasteiger partial charge in [-0.2, -0.15) is 0 Å². The molecule has 4 nitrogen and oxygen atoms in total. The van der Waals surface area contributed by atoms with E-state index < -0.39 is 0 Å². The second-order valence-electron chi connectivity index (χ2n) is 5.08. The van der Waals surface area contributed by atoms with E-state index in [9.17, 15) is 4.79 Å². The normalized spacial score (nSPS) is 14.4. The highest BCUT2D eigenvalue weighted by molar-refractivity contribution is 7.80. The Hall–Kier alpha value is -1.62. The van der Waals surface area contributed by atoms with Crippen LogP contribution < -0.4 is 10.6 Å². The molecule has 0 saturated carbocycles. The molecular weight excluding hydrogens is 270 g/mol. The molecule has 1 heterocycles. The van der Waals surface area contributed by atoms with E-state index in [4.69, 9.17) is 12.2 Å². The van der Waals surface area contributed by atoms with E-state index in [0.717, 1.165) is 38.2 Å². The molecule has 0 radical (unpaired) electrons. The monoisotopic (exact) mass is 291 g/mol. The van der Waals surface area contributed by atoms with Crippen LogP contribution in [0.5, 0.6) is 0 Å². The predicted molar refractivity (Wildman–Crippen MR) is 85.8 cm³/mol. The topological polar surface area (TPSA) is 44.4 Å². The number of nitrogens with one attached hydrogen (secondary N) is 2. The summed E-state index contributed by atoms with van der Waals surface area (Å²) in [6.07, 6.45) is 2.63. The van der Waals surface area contributed by atoms with Crippen molar-refractivity contribution >= 4 is 28.9 Å². The maximum atomic E-state index is 11.4. The van der Waals surface area contributed by atoms with Gasteiger partial charge in [-0.1, -0.05) is 17.7 Å². The zero-order valence-electron chi connectivity index (χ0n) is 11.8. The van der Waals surface area contributed by atoms with Crippen LogP contribution in [0.2, 0.25) is 0 Å². The highest BCUT2D eigenvalue weighted by Gasteiger charge is 2.18. The lowest BCUT2D eigenvalue weighted by Crippen LogP contribution is -2.32. The van der Waals surface area contributed by atoms with Crippen molar-refractivity contribution in [2.75, 3.05) is 25.0 Å². The molecule has 1 aromatic carbocycles. The zero-order valence-corrected chi connectivity index (χ0v) is 12.6. The van der Waals surface area contributed by atoms with Crippen molar-refractivity contribution in [2.45, 2.75) is 26.2 Å². The quantitative estimate of drug-likeness (QED) is 0.645. The summed E-state index contributed by atoms with van der Waals surface area (Å²) in [5, 5.41) is 6.94. The molecule has 20 heavy (non-hydrogen) atoms. The molecule has 0 aliphatic carbocycles. The molecule has 1 aromatic rings. The second-order valence-corrected chi connectivity index (χ2v) is 5.49. The number of carbonyl (C=O) groups is 1. The molecule has 2 N–H and O–H groups in total. The summed E-state index contributed by atoms with van der Waals surface area (Å²) in [7, 11) is 0. The van der Waals surface area contributed by atoms with Gasteiger partial charge in [-0.25, -0.2) is 0 Å². The van der Waals surface area contributed by atoms with Crippen molar-refractivity contribution in [1.29, 1.82) is 0 Å². The molecule has 1 saturated heterocycles. The van der Waals surface area contributed by atoms with Gasteiger partial charge in [0.05, 0.1) is 0 Å². The van der Waals surface area contributed by atoms with Crippen LogP contribution in [0.1, 0.15) is 24.8 Å². The van der Waals surface area contributed by atoms with Crippen LogP contribution in [-0.4, -0.2) is 35.6 Å². The standard InChI is InChI=1S/C15H21N3OS/c1-12-5-7-13(8-6-12)17-15(20)16-9-3-11-18-10-2-4-14(18)19/h5-8H,2-4,9-11H2,1H3,(H2,16,17,20). The number of nitrogens with zero attached hydrogens (tertiary/aromatic N) is 1. The molecule has 5 heteroatoms. The minimum atomic E-state index is 0.283. The number of aryl methyl sites for hydroxylation is 1. The summed E-state index contributed by atoms with van der Waals surface area (Å²) >= 11 is 5.24. The first-order valence-corrected chi connectivity index (χ1v) is 7.45. The van der Waals surface area contributed by atoms with Gasteiger partial charge in [0, 0.05) is 31.7 Å². The lowest BCUT2D eigenvalue weighted by atomic mass is 10.2. The van der Waals surface area contributed by atoms with Crippen LogP contribution >= 0.6 is 12.2 Å². The molecular formula is C15H21N3OS. The average Bonchev–Trinajstić information content (AvgIpc) is 2.83. The fourth-order valence-electron chi connectivity index (χ4n) is 2.22. The van der Waals surface area contributed by atoms with Gasteiger partial charge in [0.15, 0.2) is 5.11 Å². The molecule has 1 aliphatic rings. The van der Waals surface area contributed by atoms with E-state index in [-0.39, 0.29) is 5.91 Å². The predicted octanol–water partition coefficient (Wildman–Crippen LogP) is 2.29. The highest BCUT2D eigenvalue weighted by atomic mass is 32.1. The van der Waals surface area contributed by atoms with Crippen molar-refractivity contribution in [3.8, 4) is 0 Å². The molecule has 1 amide bonds. The largest absolute Gasteiger partial charge is 0.362 e. The van der Waals surface area contributed by atoms with Gasteiger partial charge in [-0.15, -0.1) is 0 Å². The summed E-state index contributed by atoms with van der Waals surface area (Å²) in [6, 6.07) is 8.10. The summed E-state index contributed by atoms with van der Waals surface area (Å²) in [5.41, 5.74) is 2.22. The lowest BCUT2D eigenvalue weighted by Gasteiger charge is -2.16. The number of hydrogen-bond acceptors (Lipinski definition) is 2. The van der Waals surface area contributed by atoms with Crippen LogP contribution in [-0.2, 0) is 4.79 Å². The minimum absolute atomic E-state index is 0.283. The third kappa shape index (κ3) is 4.49. The SMILES string of the molecule is Cc1ccc(NC(=S)NCCCN2CCCC2=O)cc1. The molecule has 0 aromatic heterocycles. The molecule has 1 fully saturated rings. The van der Waals surface area contributed by atoms with Gasteiger partial charge >= 0.3 is 0 Å². The lowest BCUT2D eigenvalue weighted by molar-refractivity contribution is -0.127. The van der Waals surface area contributed by atoms with Gasteiger partial charge in [-0.3, -0.25) is 4.79 Å². The number of benzene rings is 1. The first-order valence-electron chi connectivity index (χ1n) is 7.04. The van der Waals surface area contributed by atoms with E-state index in [1.54, 1.807) is 0 Å². The maximum absolute atomic E-state index is 11.4. The Kier molecular flexibility index (Phi) is 5.35. The number of amides is 1. The van der Waals surface area contributed by atoms with E-state index in [0.29, 0.717) is 11.5 Å². The Morgan fingerprint density at radius 1 is 1.35 bits per heavy atom. The van der Waals surface area contributed by atoms with Gasteiger partial charge in [0.25, 0.3) is 0 Å². The number of rotatable bonds is 5. The van der Waals surface area contributed by atoms with Crippen LogP contribution in [0.4, 0.5) is 5.69 Å². The highest BCUT2D eigenvalue weighted by Crippen LogP contribution is 2.10. The zero-order chi connectivity index (χ0) is 14.4. The van der Waals surface area contributed by atoms with Crippen LogP contribution in [0.3, 0.4) is 0 Å². The Bertz CT molecular complexity index is 473. The number of hydrogen-bond donors (Lipinski definition) is 2. The molecule has 2 rings (SSSR count). The van der Waals surface area contributed by atoms with Crippen LogP contribution in [0.25, 0.3) is 0 Å². The maximum Gasteiger partial charge on any atom is 0.222 e. The van der Waals surface area contributed by atoms with Gasteiger partial charge in [-0.05, 0) is 44.1 Å². The second kappa shape index (κ2) is 7.24. The third-order valence-electron chi connectivity index (χ3n) is 3.37. The number of carbonyl (C=O) groups excluding carboxylic acids is 1. The van der Waals surface area contributed by atoms with Crippen molar-refractivity contribution in [3.63, 3.8) is 0 Å². The molecule has 0 atom stereocenters. The van der Waals surface area contributed by atoms with E-state index in [2.05, 4.69) is 17.6 Å². The van der Waals surface area contributed by atoms with Crippen molar-refractivity contribution in [3.05, 3.63) is 29.8 Å². The van der Waals surface area contributed by atoms with E-state index in [1.165, 1.54) is 5.56 Å². The summed E-state index contributed by atoms with van der Waals surface area (Å²) in [6.45, 7) is 4.56. The Morgan fingerprint density at radius 3 is 2.75 bits per heavy atom. The first-order chi connectivity index (χ1) is 9.65. The fourth-order valence-corrected chi connectivity index (χ4v) is 2.44. The summed E-state index contributed by atoms with van der Waals surface area (Å²) in [5.74, 6) is 0.283. The number of likely N-dealkylation sites (tertiary alicyclic amines) is 1.